The average Bonchev–Trinajstić information content (AvgIpc) is 3.41. The highest BCUT2D eigenvalue weighted by molar-refractivity contribution is 5.73. The minimum absolute atomic E-state index is 0.144. The number of nitrogens with zero attached hydrogens (tertiary/aromatic N) is 4. The molecule has 1 amide bonds. The first-order valence-electron chi connectivity index (χ1n) is 14.0. The minimum Gasteiger partial charge on any atom is -0.380 e. The van der Waals surface area contributed by atoms with Crippen molar-refractivity contribution < 1.29 is 9.90 Å². The van der Waals surface area contributed by atoms with Crippen molar-refractivity contribution in [1.82, 2.24) is 25.0 Å². The number of nitrogens with one attached hydrogen (secondary N) is 1. The lowest BCUT2D eigenvalue weighted by Crippen LogP contribution is -2.64. The smallest absolute Gasteiger partial charge is 0.219 e. The van der Waals surface area contributed by atoms with Crippen LogP contribution in [0.1, 0.15) is 81.7 Å². The van der Waals surface area contributed by atoms with Gasteiger partial charge in [-0.3, -0.25) is 14.9 Å². The number of pyridine rings is 1. The van der Waals surface area contributed by atoms with Crippen molar-refractivity contribution in [3.63, 3.8) is 0 Å². The van der Waals surface area contributed by atoms with E-state index >= 15 is 0 Å². The van der Waals surface area contributed by atoms with Crippen LogP contribution in [0.15, 0.2) is 48.8 Å². The number of aromatic nitrogens is 3. The van der Waals surface area contributed by atoms with Crippen LogP contribution in [0.3, 0.4) is 0 Å². The van der Waals surface area contributed by atoms with E-state index in [1.807, 2.05) is 17.3 Å². The molecule has 1 aromatic carbocycles. The first kappa shape index (κ1) is 26.6. The Morgan fingerprint density at radius 1 is 1.13 bits per heavy atom. The number of hydrogen-bond donors (Lipinski definition) is 2. The lowest BCUT2D eigenvalue weighted by molar-refractivity contribution is -0.134. The number of aliphatic hydroxyl groups is 1. The zero-order chi connectivity index (χ0) is 27.1. The quantitative estimate of drug-likeness (QED) is 0.468. The van der Waals surface area contributed by atoms with Crippen LogP contribution in [-0.4, -0.2) is 68.7 Å². The van der Waals surface area contributed by atoms with Gasteiger partial charge in [0.2, 0.25) is 5.91 Å². The number of amides is 1. The third-order valence-corrected chi connectivity index (χ3v) is 8.89. The highest BCUT2D eigenvalue weighted by atomic mass is 16.3. The zero-order valence-corrected chi connectivity index (χ0v) is 23.4. The number of hydrogen-bond acceptors (Lipinski definition) is 5. The molecule has 2 fully saturated rings. The Bertz CT molecular complexity index is 1270. The Balaban J connectivity index is 1.46. The summed E-state index contributed by atoms with van der Waals surface area (Å²) in [4.78, 5) is 20.6. The van der Waals surface area contributed by atoms with Gasteiger partial charge in [0.15, 0.2) is 0 Å². The molecule has 0 unspecified atom stereocenters. The summed E-state index contributed by atoms with van der Waals surface area (Å²) < 4.78 is 0. The summed E-state index contributed by atoms with van der Waals surface area (Å²) in [5.74, 6) is 0.930. The fourth-order valence-electron chi connectivity index (χ4n) is 6.34. The molecule has 0 saturated carbocycles. The number of likely N-dealkylation sites (tertiary alicyclic amines) is 2. The third-order valence-electron chi connectivity index (χ3n) is 8.89. The lowest BCUT2D eigenvalue weighted by Gasteiger charge is -2.56. The first-order chi connectivity index (χ1) is 18.1. The lowest BCUT2D eigenvalue weighted by atomic mass is 9.62. The average molecular weight is 516 g/mol. The SMILES string of the molecule is CCN1CC(C)([C@](O)(c2ccc(C(C)C)cc2)c2cncc(-c3cc(C4CCN(C(C)=O)CC4)[nH]n3)c2)C1. The van der Waals surface area contributed by atoms with Crippen LogP contribution in [0.25, 0.3) is 11.3 Å². The number of aromatic amines is 1. The summed E-state index contributed by atoms with van der Waals surface area (Å²) in [7, 11) is 0. The Hall–Kier alpha value is -3.03. The van der Waals surface area contributed by atoms with Gasteiger partial charge in [-0.1, -0.05) is 52.0 Å². The van der Waals surface area contributed by atoms with E-state index in [1.54, 1.807) is 6.92 Å². The van der Waals surface area contributed by atoms with Crippen molar-refractivity contribution in [3.8, 4) is 11.3 Å². The van der Waals surface area contributed by atoms with Gasteiger partial charge in [-0.05, 0) is 48.6 Å². The molecular weight excluding hydrogens is 474 g/mol. The van der Waals surface area contributed by atoms with Crippen molar-refractivity contribution >= 4 is 5.91 Å². The molecule has 7 heteroatoms. The van der Waals surface area contributed by atoms with Crippen LogP contribution >= 0.6 is 0 Å². The first-order valence-corrected chi connectivity index (χ1v) is 14.0. The summed E-state index contributed by atoms with van der Waals surface area (Å²) in [6, 6.07) is 12.6. The summed E-state index contributed by atoms with van der Waals surface area (Å²) in [5, 5.41) is 20.5. The molecule has 0 radical (unpaired) electrons. The zero-order valence-electron chi connectivity index (χ0n) is 23.4. The maximum Gasteiger partial charge on any atom is 0.219 e. The van der Waals surface area contributed by atoms with Gasteiger partial charge in [-0.2, -0.15) is 5.10 Å². The van der Waals surface area contributed by atoms with Crippen molar-refractivity contribution in [1.29, 1.82) is 0 Å². The summed E-state index contributed by atoms with van der Waals surface area (Å²) in [6.45, 7) is 14.5. The maximum absolute atomic E-state index is 12.6. The fourth-order valence-corrected chi connectivity index (χ4v) is 6.34. The van der Waals surface area contributed by atoms with E-state index in [1.165, 1.54) is 5.56 Å². The van der Waals surface area contributed by atoms with E-state index in [-0.39, 0.29) is 11.3 Å². The highest BCUT2D eigenvalue weighted by Gasteiger charge is 2.55. The standard InChI is InChI=1S/C31H41N5O2/c1-6-35-19-30(5,20-35)31(38,26-9-7-23(8-10-26)21(2)3)27-15-25(17-32-18-27)29-16-28(33-34-29)24-11-13-36(14-12-24)22(4)37/h7-10,15-18,21,24,38H,6,11-14,19-20H2,1-5H3,(H,33,34)/t31-/m0/s1. The molecule has 2 saturated heterocycles. The molecule has 7 nitrogen and oxygen atoms in total. The van der Waals surface area contributed by atoms with Crippen molar-refractivity contribution in [3.05, 3.63) is 71.2 Å². The normalized spacial score (nSPS) is 19.8. The number of H-pyrrole nitrogens is 1. The summed E-state index contributed by atoms with van der Waals surface area (Å²) in [5.41, 5.74) is 4.24. The van der Waals surface area contributed by atoms with Gasteiger partial charge in [0.25, 0.3) is 0 Å². The second-order valence-corrected chi connectivity index (χ2v) is 11.8. The van der Waals surface area contributed by atoms with Crippen molar-refractivity contribution in [2.45, 2.75) is 64.9 Å². The molecule has 3 aromatic rings. The topological polar surface area (TPSA) is 85.4 Å². The molecule has 38 heavy (non-hydrogen) atoms. The van der Waals surface area contributed by atoms with Crippen LogP contribution in [-0.2, 0) is 10.4 Å². The number of carbonyl (C=O) groups excluding carboxylic acids is 1. The van der Waals surface area contributed by atoms with E-state index in [0.29, 0.717) is 11.8 Å². The molecule has 0 bridgehead atoms. The molecule has 2 aliphatic rings. The van der Waals surface area contributed by atoms with E-state index in [9.17, 15) is 9.90 Å². The van der Waals surface area contributed by atoms with Crippen LogP contribution in [0, 0.1) is 5.41 Å². The molecule has 0 aliphatic carbocycles. The predicted molar refractivity (Wildman–Crippen MR) is 150 cm³/mol. The molecular formula is C31H41N5O2. The Kier molecular flexibility index (Phi) is 7.18. The van der Waals surface area contributed by atoms with E-state index < -0.39 is 5.60 Å². The second kappa shape index (κ2) is 10.3. The monoisotopic (exact) mass is 515 g/mol. The second-order valence-electron chi connectivity index (χ2n) is 11.8. The molecule has 0 spiro atoms. The van der Waals surface area contributed by atoms with Gasteiger partial charge in [0.05, 0.1) is 5.69 Å². The van der Waals surface area contributed by atoms with Crippen LogP contribution < -0.4 is 0 Å². The molecule has 2 N–H and O–H groups in total. The molecule has 5 rings (SSSR count). The fraction of sp³-hybridized carbons (Fsp3) is 0.516. The van der Waals surface area contributed by atoms with Crippen molar-refractivity contribution in [2.75, 3.05) is 32.7 Å². The van der Waals surface area contributed by atoms with Crippen LogP contribution in [0.2, 0.25) is 0 Å². The largest absolute Gasteiger partial charge is 0.380 e. The highest BCUT2D eigenvalue weighted by Crippen LogP contribution is 2.50. The molecule has 2 aliphatic heterocycles. The van der Waals surface area contributed by atoms with Gasteiger partial charge in [-0.15, -0.1) is 0 Å². The molecule has 2 aromatic heterocycles. The van der Waals surface area contributed by atoms with E-state index in [0.717, 1.165) is 73.6 Å². The Labute approximate surface area is 226 Å². The molecule has 1 atom stereocenters. The maximum atomic E-state index is 12.6. The van der Waals surface area contributed by atoms with Gasteiger partial charge >= 0.3 is 0 Å². The third kappa shape index (κ3) is 4.67. The Morgan fingerprint density at radius 3 is 2.42 bits per heavy atom. The van der Waals surface area contributed by atoms with Crippen molar-refractivity contribution in [2.24, 2.45) is 5.41 Å². The summed E-state index contributed by atoms with van der Waals surface area (Å²) in [6.07, 6.45) is 5.49. The van der Waals surface area contributed by atoms with Crippen LogP contribution in [0.4, 0.5) is 0 Å². The Morgan fingerprint density at radius 2 is 1.82 bits per heavy atom. The number of rotatable bonds is 7. The number of benzene rings is 1. The minimum atomic E-state index is -1.18. The van der Waals surface area contributed by atoms with Gasteiger partial charge in [-0.25, -0.2) is 0 Å². The van der Waals surface area contributed by atoms with Gasteiger partial charge in [0, 0.05) is 73.7 Å². The predicted octanol–water partition coefficient (Wildman–Crippen LogP) is 4.90. The number of piperidine rings is 1. The van der Waals surface area contributed by atoms with Gasteiger partial charge < -0.3 is 14.9 Å². The molecule has 202 valence electrons. The summed E-state index contributed by atoms with van der Waals surface area (Å²) >= 11 is 0. The van der Waals surface area contributed by atoms with Crippen LogP contribution in [0.5, 0.6) is 0 Å². The van der Waals surface area contributed by atoms with E-state index in [2.05, 4.69) is 84.2 Å². The molecule has 4 heterocycles. The number of carbonyl (C=O) groups is 1. The van der Waals surface area contributed by atoms with Gasteiger partial charge in [0.1, 0.15) is 5.60 Å². The van der Waals surface area contributed by atoms with E-state index in [4.69, 9.17) is 0 Å².